The monoisotopic (exact) mass is 300 g/mol. The Balaban J connectivity index is 1.68. The fourth-order valence-electron chi connectivity index (χ4n) is 4.03. The highest BCUT2D eigenvalue weighted by atomic mass is 15.3. The molecule has 6 nitrogen and oxygen atoms in total. The topological polar surface area (TPSA) is 58.9 Å². The molecule has 22 heavy (non-hydrogen) atoms. The summed E-state index contributed by atoms with van der Waals surface area (Å²) in [5.41, 5.74) is 2.17. The van der Waals surface area contributed by atoms with Gasteiger partial charge < -0.3 is 14.8 Å². The summed E-state index contributed by atoms with van der Waals surface area (Å²) in [6, 6.07) is 0. The Bertz CT molecular complexity index is 652. The van der Waals surface area contributed by atoms with Gasteiger partial charge in [0.15, 0.2) is 17.0 Å². The van der Waals surface area contributed by atoms with E-state index in [0.717, 1.165) is 43.2 Å². The summed E-state index contributed by atoms with van der Waals surface area (Å²) in [6.45, 7) is 6.06. The molecule has 0 atom stereocenters. The standard InChI is InChI=1S/C16H24N6/c1-2-21-12-19-13-14(21)17-11-18-15(13)22-9-8-20-16(10-22)6-4-3-5-7-16/h11-12,20H,2-10H2,1H3. The maximum absolute atomic E-state index is 4.57. The number of rotatable bonds is 2. The molecule has 2 aliphatic rings. The van der Waals surface area contributed by atoms with E-state index in [2.05, 4.69) is 36.7 Å². The van der Waals surface area contributed by atoms with Crippen LogP contribution in [0.1, 0.15) is 39.0 Å². The summed E-state index contributed by atoms with van der Waals surface area (Å²) in [7, 11) is 0. The van der Waals surface area contributed by atoms with Crippen LogP contribution in [0.25, 0.3) is 11.2 Å². The average molecular weight is 300 g/mol. The summed E-state index contributed by atoms with van der Waals surface area (Å²) in [5, 5.41) is 3.79. The van der Waals surface area contributed by atoms with Crippen LogP contribution in [0.3, 0.4) is 0 Å². The van der Waals surface area contributed by atoms with Crippen molar-refractivity contribution in [1.82, 2.24) is 24.8 Å². The number of nitrogens with zero attached hydrogens (tertiary/aromatic N) is 5. The van der Waals surface area contributed by atoms with Crippen molar-refractivity contribution in [3.63, 3.8) is 0 Å². The van der Waals surface area contributed by atoms with Gasteiger partial charge in [-0.15, -0.1) is 0 Å². The first-order valence-electron chi connectivity index (χ1n) is 8.47. The van der Waals surface area contributed by atoms with Gasteiger partial charge in [-0.1, -0.05) is 19.3 Å². The van der Waals surface area contributed by atoms with Gasteiger partial charge in [-0.3, -0.25) is 0 Å². The van der Waals surface area contributed by atoms with Crippen molar-refractivity contribution in [2.75, 3.05) is 24.5 Å². The van der Waals surface area contributed by atoms with Crippen molar-refractivity contribution in [2.24, 2.45) is 0 Å². The molecular weight excluding hydrogens is 276 g/mol. The number of anilines is 1. The van der Waals surface area contributed by atoms with Gasteiger partial charge in [0.1, 0.15) is 6.33 Å². The molecule has 2 aromatic rings. The van der Waals surface area contributed by atoms with Gasteiger partial charge in [0.25, 0.3) is 0 Å². The molecule has 0 bridgehead atoms. The van der Waals surface area contributed by atoms with Crippen molar-refractivity contribution in [1.29, 1.82) is 0 Å². The van der Waals surface area contributed by atoms with Gasteiger partial charge >= 0.3 is 0 Å². The molecule has 0 aromatic carbocycles. The van der Waals surface area contributed by atoms with Crippen LogP contribution >= 0.6 is 0 Å². The third kappa shape index (κ3) is 2.26. The van der Waals surface area contributed by atoms with Crippen molar-refractivity contribution in [2.45, 2.75) is 51.1 Å². The Labute approximate surface area is 131 Å². The third-order valence-corrected chi connectivity index (χ3v) is 5.21. The molecule has 6 heteroatoms. The van der Waals surface area contributed by atoms with Crippen LogP contribution < -0.4 is 10.2 Å². The van der Waals surface area contributed by atoms with E-state index < -0.39 is 0 Å². The van der Waals surface area contributed by atoms with Crippen LogP contribution in [0.2, 0.25) is 0 Å². The minimum Gasteiger partial charge on any atom is -0.352 e. The smallest absolute Gasteiger partial charge is 0.165 e. The van der Waals surface area contributed by atoms with Gasteiger partial charge in [-0.05, 0) is 19.8 Å². The lowest BCUT2D eigenvalue weighted by atomic mass is 9.80. The molecule has 1 saturated carbocycles. The molecule has 2 fully saturated rings. The van der Waals surface area contributed by atoms with E-state index in [9.17, 15) is 0 Å². The van der Waals surface area contributed by atoms with Crippen LogP contribution in [0.4, 0.5) is 5.82 Å². The number of aryl methyl sites for hydroxylation is 1. The molecule has 4 rings (SSSR count). The SMILES string of the molecule is CCn1cnc2c(N3CCNC4(CCCCC4)C3)ncnc21. The van der Waals surface area contributed by atoms with E-state index >= 15 is 0 Å². The molecular formula is C16H24N6. The van der Waals surface area contributed by atoms with Crippen molar-refractivity contribution in [3.8, 4) is 0 Å². The van der Waals surface area contributed by atoms with Crippen molar-refractivity contribution >= 4 is 17.0 Å². The predicted octanol–water partition coefficient (Wildman–Crippen LogP) is 1.96. The van der Waals surface area contributed by atoms with Gasteiger partial charge in [-0.25, -0.2) is 15.0 Å². The van der Waals surface area contributed by atoms with E-state index in [-0.39, 0.29) is 5.54 Å². The van der Waals surface area contributed by atoms with E-state index in [1.807, 2.05) is 6.33 Å². The minimum absolute atomic E-state index is 0.279. The normalized spacial score (nSPS) is 21.6. The number of fused-ring (bicyclic) bond motifs is 1. The summed E-state index contributed by atoms with van der Waals surface area (Å²) in [5.74, 6) is 1.00. The highest BCUT2D eigenvalue weighted by molar-refractivity contribution is 5.83. The molecule has 1 aliphatic heterocycles. The largest absolute Gasteiger partial charge is 0.352 e. The maximum Gasteiger partial charge on any atom is 0.165 e. The average Bonchev–Trinajstić information content (AvgIpc) is 2.99. The van der Waals surface area contributed by atoms with Crippen LogP contribution in [0.5, 0.6) is 0 Å². The van der Waals surface area contributed by atoms with E-state index in [4.69, 9.17) is 0 Å². The van der Waals surface area contributed by atoms with Crippen LogP contribution in [0, 0.1) is 0 Å². The quantitative estimate of drug-likeness (QED) is 0.919. The Morgan fingerprint density at radius 3 is 2.86 bits per heavy atom. The lowest BCUT2D eigenvalue weighted by molar-refractivity contribution is 0.216. The molecule has 1 saturated heterocycles. The van der Waals surface area contributed by atoms with Crippen LogP contribution in [-0.4, -0.2) is 44.7 Å². The zero-order valence-corrected chi connectivity index (χ0v) is 13.3. The van der Waals surface area contributed by atoms with E-state index in [0.29, 0.717) is 0 Å². The van der Waals surface area contributed by atoms with Gasteiger partial charge in [-0.2, -0.15) is 0 Å². The molecule has 118 valence electrons. The zero-order valence-electron chi connectivity index (χ0n) is 13.3. The first-order valence-corrected chi connectivity index (χ1v) is 8.47. The fraction of sp³-hybridized carbons (Fsp3) is 0.688. The van der Waals surface area contributed by atoms with Crippen molar-refractivity contribution < 1.29 is 0 Å². The zero-order chi connectivity index (χ0) is 15.0. The Hall–Kier alpha value is -1.69. The second kappa shape index (κ2) is 5.50. The molecule has 1 spiro atoms. The lowest BCUT2D eigenvalue weighted by Crippen LogP contribution is -2.61. The number of hydrogen-bond donors (Lipinski definition) is 1. The molecule has 3 heterocycles. The predicted molar refractivity (Wildman–Crippen MR) is 87.0 cm³/mol. The third-order valence-electron chi connectivity index (χ3n) is 5.21. The number of piperazine rings is 1. The van der Waals surface area contributed by atoms with Gasteiger partial charge in [0, 0.05) is 31.7 Å². The molecule has 0 amide bonds. The maximum atomic E-state index is 4.57. The number of nitrogens with one attached hydrogen (secondary N) is 1. The summed E-state index contributed by atoms with van der Waals surface area (Å²) >= 11 is 0. The van der Waals surface area contributed by atoms with Crippen LogP contribution in [0.15, 0.2) is 12.7 Å². The second-order valence-corrected chi connectivity index (χ2v) is 6.59. The lowest BCUT2D eigenvalue weighted by Gasteiger charge is -2.46. The Morgan fingerprint density at radius 1 is 1.18 bits per heavy atom. The van der Waals surface area contributed by atoms with Gasteiger partial charge in [0.2, 0.25) is 0 Å². The van der Waals surface area contributed by atoms with Crippen LogP contribution in [-0.2, 0) is 6.54 Å². The highest BCUT2D eigenvalue weighted by Gasteiger charge is 2.37. The molecule has 1 N–H and O–H groups in total. The Kier molecular flexibility index (Phi) is 3.48. The number of imidazole rings is 1. The van der Waals surface area contributed by atoms with Crippen molar-refractivity contribution in [3.05, 3.63) is 12.7 Å². The summed E-state index contributed by atoms with van der Waals surface area (Å²) in [6.07, 6.45) is 10.2. The number of hydrogen-bond acceptors (Lipinski definition) is 5. The minimum atomic E-state index is 0.279. The van der Waals surface area contributed by atoms with E-state index in [1.54, 1.807) is 6.33 Å². The fourth-order valence-corrected chi connectivity index (χ4v) is 4.03. The molecule has 2 aromatic heterocycles. The van der Waals surface area contributed by atoms with E-state index in [1.165, 1.54) is 32.1 Å². The summed E-state index contributed by atoms with van der Waals surface area (Å²) < 4.78 is 2.08. The summed E-state index contributed by atoms with van der Waals surface area (Å²) in [4.78, 5) is 16.0. The first kappa shape index (κ1) is 13.9. The first-order chi connectivity index (χ1) is 10.8. The molecule has 0 radical (unpaired) electrons. The van der Waals surface area contributed by atoms with Gasteiger partial charge in [0.05, 0.1) is 6.33 Å². The Morgan fingerprint density at radius 2 is 2.05 bits per heavy atom. The number of aromatic nitrogens is 4. The highest BCUT2D eigenvalue weighted by Crippen LogP contribution is 2.33. The molecule has 0 unspecified atom stereocenters. The molecule has 1 aliphatic carbocycles. The second-order valence-electron chi connectivity index (χ2n) is 6.59.